The third-order valence-electron chi connectivity index (χ3n) is 3.94. The van der Waals surface area contributed by atoms with Gasteiger partial charge in [-0.25, -0.2) is 9.67 Å². The number of imidazole rings is 1. The molecule has 26 heavy (non-hydrogen) atoms. The van der Waals surface area contributed by atoms with Gasteiger partial charge in [0.2, 0.25) is 0 Å². The topological polar surface area (TPSA) is 86.9 Å². The molecule has 0 aliphatic heterocycles. The number of rotatable bonds is 8. The van der Waals surface area contributed by atoms with Crippen molar-refractivity contribution >= 4 is 5.91 Å². The molecule has 2 aromatic heterocycles. The van der Waals surface area contributed by atoms with Gasteiger partial charge in [-0.05, 0) is 44.5 Å². The van der Waals surface area contributed by atoms with Gasteiger partial charge in [-0.3, -0.25) is 4.79 Å². The first-order valence-electron chi connectivity index (χ1n) is 8.58. The smallest absolute Gasteiger partial charge is 0.273 e. The fraction of sp³-hybridized carbons (Fsp3) is 0.333. The van der Waals surface area contributed by atoms with Gasteiger partial charge in [0.15, 0.2) is 5.69 Å². The van der Waals surface area contributed by atoms with Crippen LogP contribution in [-0.2, 0) is 6.54 Å². The van der Waals surface area contributed by atoms with Gasteiger partial charge in [0, 0.05) is 25.5 Å². The Labute approximate surface area is 151 Å². The summed E-state index contributed by atoms with van der Waals surface area (Å²) in [6.45, 7) is 5.75. The summed E-state index contributed by atoms with van der Waals surface area (Å²) in [4.78, 5) is 16.3. The molecule has 8 heteroatoms. The third-order valence-corrected chi connectivity index (χ3v) is 3.94. The van der Waals surface area contributed by atoms with Gasteiger partial charge in [-0.1, -0.05) is 5.21 Å². The summed E-state index contributed by atoms with van der Waals surface area (Å²) in [6, 6.07) is 7.52. The first-order valence-corrected chi connectivity index (χ1v) is 8.58. The van der Waals surface area contributed by atoms with Gasteiger partial charge in [-0.2, -0.15) is 0 Å². The second kappa shape index (κ2) is 8.28. The Morgan fingerprint density at radius 1 is 1.27 bits per heavy atom. The molecule has 0 atom stereocenters. The average Bonchev–Trinajstić information content (AvgIpc) is 3.29. The lowest BCUT2D eigenvalue weighted by Crippen LogP contribution is -2.26. The quantitative estimate of drug-likeness (QED) is 0.625. The number of aryl methyl sites for hydroxylation is 1. The molecule has 0 saturated carbocycles. The number of ether oxygens (including phenoxy) is 1. The molecule has 0 spiro atoms. The highest BCUT2D eigenvalue weighted by atomic mass is 16.5. The van der Waals surface area contributed by atoms with Crippen LogP contribution in [-0.4, -0.2) is 43.6 Å². The Morgan fingerprint density at radius 3 is 2.77 bits per heavy atom. The summed E-state index contributed by atoms with van der Waals surface area (Å²) in [5, 5.41) is 11.0. The molecule has 1 amide bonds. The summed E-state index contributed by atoms with van der Waals surface area (Å²) in [6.07, 6.45) is 6.21. The van der Waals surface area contributed by atoms with Gasteiger partial charge in [0.05, 0.1) is 24.3 Å². The van der Waals surface area contributed by atoms with Crippen molar-refractivity contribution in [3.8, 4) is 11.4 Å². The fourth-order valence-corrected chi connectivity index (χ4v) is 2.60. The molecule has 136 valence electrons. The normalized spacial score (nSPS) is 10.7. The molecular weight excluding hydrogens is 332 g/mol. The van der Waals surface area contributed by atoms with Crippen molar-refractivity contribution < 1.29 is 9.53 Å². The first kappa shape index (κ1) is 17.7. The second-order valence-corrected chi connectivity index (χ2v) is 5.77. The Hall–Kier alpha value is -3.16. The number of nitrogens with zero attached hydrogens (tertiary/aromatic N) is 5. The molecule has 0 aliphatic rings. The third kappa shape index (κ3) is 4.08. The predicted molar refractivity (Wildman–Crippen MR) is 96.4 cm³/mol. The van der Waals surface area contributed by atoms with E-state index in [0.29, 0.717) is 24.5 Å². The van der Waals surface area contributed by atoms with Crippen molar-refractivity contribution in [2.45, 2.75) is 26.8 Å². The first-order chi connectivity index (χ1) is 12.7. The molecule has 2 heterocycles. The van der Waals surface area contributed by atoms with Crippen molar-refractivity contribution in [1.82, 2.24) is 29.9 Å². The zero-order chi connectivity index (χ0) is 18.4. The zero-order valence-corrected chi connectivity index (χ0v) is 14.9. The fourth-order valence-electron chi connectivity index (χ4n) is 2.60. The van der Waals surface area contributed by atoms with Gasteiger partial charge in [-0.15, -0.1) is 5.10 Å². The van der Waals surface area contributed by atoms with Gasteiger partial charge in [0.1, 0.15) is 5.75 Å². The molecule has 3 aromatic rings. The molecule has 0 saturated heterocycles. The lowest BCUT2D eigenvalue weighted by Gasteiger charge is -2.07. The van der Waals surface area contributed by atoms with E-state index < -0.39 is 0 Å². The van der Waals surface area contributed by atoms with E-state index in [9.17, 15) is 4.79 Å². The molecule has 1 aromatic carbocycles. The maximum absolute atomic E-state index is 12.3. The maximum atomic E-state index is 12.3. The number of nitrogens with one attached hydrogen (secondary N) is 1. The van der Waals surface area contributed by atoms with E-state index in [1.807, 2.05) is 48.9 Å². The molecule has 0 fully saturated rings. The van der Waals surface area contributed by atoms with Gasteiger partial charge in [0.25, 0.3) is 5.91 Å². The monoisotopic (exact) mass is 354 g/mol. The summed E-state index contributed by atoms with van der Waals surface area (Å²) >= 11 is 0. The van der Waals surface area contributed by atoms with Gasteiger partial charge >= 0.3 is 0 Å². The number of hydrogen-bond donors (Lipinski definition) is 1. The predicted octanol–water partition coefficient (Wildman–Crippen LogP) is 1.99. The maximum Gasteiger partial charge on any atom is 0.273 e. The zero-order valence-electron chi connectivity index (χ0n) is 14.9. The van der Waals surface area contributed by atoms with Crippen molar-refractivity contribution in [3.05, 3.63) is 54.4 Å². The van der Waals surface area contributed by atoms with Crippen molar-refractivity contribution in [3.63, 3.8) is 0 Å². The molecule has 0 aliphatic carbocycles. The Balaban J connectivity index is 1.59. The van der Waals surface area contributed by atoms with E-state index in [1.54, 1.807) is 17.2 Å². The Bertz CT molecular complexity index is 839. The van der Waals surface area contributed by atoms with Crippen LogP contribution in [0.3, 0.4) is 0 Å². The van der Waals surface area contributed by atoms with Crippen LogP contribution in [0.1, 0.15) is 29.5 Å². The highest BCUT2D eigenvalue weighted by molar-refractivity contribution is 5.93. The van der Waals surface area contributed by atoms with E-state index in [1.165, 1.54) is 0 Å². The molecule has 1 N–H and O–H groups in total. The van der Waals surface area contributed by atoms with E-state index in [2.05, 4.69) is 20.6 Å². The number of hydrogen-bond acceptors (Lipinski definition) is 5. The van der Waals surface area contributed by atoms with Gasteiger partial charge < -0.3 is 14.6 Å². The van der Waals surface area contributed by atoms with Crippen LogP contribution in [0.4, 0.5) is 0 Å². The Morgan fingerprint density at radius 2 is 2.08 bits per heavy atom. The highest BCUT2D eigenvalue weighted by Gasteiger charge is 2.16. The van der Waals surface area contributed by atoms with E-state index in [0.717, 1.165) is 24.4 Å². The van der Waals surface area contributed by atoms with Crippen LogP contribution in [0.15, 0.2) is 43.0 Å². The van der Waals surface area contributed by atoms with Crippen LogP contribution >= 0.6 is 0 Å². The van der Waals surface area contributed by atoms with E-state index >= 15 is 0 Å². The minimum Gasteiger partial charge on any atom is -0.494 e. The van der Waals surface area contributed by atoms with Crippen molar-refractivity contribution in [1.29, 1.82) is 0 Å². The SMILES string of the molecule is CCOc1ccc(-n2nnc(C(=O)NCCCn3ccnc3)c2C)cc1. The molecule has 0 unspecified atom stereocenters. The standard InChI is InChI=1S/C18H22N6O2/c1-3-26-16-7-5-15(6-8-16)24-14(2)17(21-22-24)18(25)20-9-4-11-23-12-10-19-13-23/h5-8,10,12-13H,3-4,9,11H2,1-2H3,(H,20,25). The van der Waals surface area contributed by atoms with Crippen molar-refractivity contribution in [2.24, 2.45) is 0 Å². The van der Waals surface area contributed by atoms with Crippen LogP contribution in [0.2, 0.25) is 0 Å². The average molecular weight is 354 g/mol. The largest absolute Gasteiger partial charge is 0.494 e. The lowest BCUT2D eigenvalue weighted by atomic mass is 10.2. The number of carbonyl (C=O) groups is 1. The summed E-state index contributed by atoms with van der Waals surface area (Å²) in [7, 11) is 0. The molecule has 0 radical (unpaired) electrons. The lowest BCUT2D eigenvalue weighted by molar-refractivity contribution is 0.0947. The molecule has 3 rings (SSSR count). The molecular formula is C18H22N6O2. The minimum absolute atomic E-state index is 0.217. The summed E-state index contributed by atoms with van der Waals surface area (Å²) < 4.78 is 9.06. The number of benzene rings is 1. The summed E-state index contributed by atoms with van der Waals surface area (Å²) in [5.41, 5.74) is 1.86. The van der Waals surface area contributed by atoms with E-state index in [4.69, 9.17) is 4.74 Å². The number of aromatic nitrogens is 5. The van der Waals surface area contributed by atoms with Crippen LogP contribution in [0.25, 0.3) is 5.69 Å². The number of carbonyl (C=O) groups excluding carboxylic acids is 1. The van der Waals surface area contributed by atoms with Crippen molar-refractivity contribution in [2.75, 3.05) is 13.2 Å². The minimum atomic E-state index is -0.217. The second-order valence-electron chi connectivity index (χ2n) is 5.77. The Kier molecular flexibility index (Phi) is 5.62. The van der Waals surface area contributed by atoms with Crippen LogP contribution in [0.5, 0.6) is 5.75 Å². The molecule has 0 bridgehead atoms. The summed E-state index contributed by atoms with van der Waals surface area (Å²) in [5.74, 6) is 0.579. The highest BCUT2D eigenvalue weighted by Crippen LogP contribution is 2.17. The van der Waals surface area contributed by atoms with Crippen LogP contribution < -0.4 is 10.1 Å². The van der Waals surface area contributed by atoms with E-state index in [-0.39, 0.29) is 5.91 Å². The number of amides is 1. The van der Waals surface area contributed by atoms with Crippen LogP contribution in [0, 0.1) is 6.92 Å². The molecule has 8 nitrogen and oxygen atoms in total.